The summed E-state index contributed by atoms with van der Waals surface area (Å²) in [6, 6.07) is 1.34. The van der Waals surface area contributed by atoms with Crippen LogP contribution in [0.4, 0.5) is 0 Å². The maximum absolute atomic E-state index is 12.0. The number of furan rings is 1. The fourth-order valence-corrected chi connectivity index (χ4v) is 4.20. The van der Waals surface area contributed by atoms with Crippen molar-refractivity contribution >= 4 is 26.0 Å². The average Bonchev–Trinajstić information content (AvgIpc) is 2.58. The Morgan fingerprint density at radius 2 is 2.24 bits per heavy atom. The first-order valence-corrected chi connectivity index (χ1v) is 7.61. The summed E-state index contributed by atoms with van der Waals surface area (Å²) in [4.78, 5) is 0.0427. The second-order valence-electron chi connectivity index (χ2n) is 4.40. The third-order valence-electron chi connectivity index (χ3n) is 2.85. The van der Waals surface area contributed by atoms with Gasteiger partial charge in [-0.1, -0.05) is 6.92 Å². The van der Waals surface area contributed by atoms with Gasteiger partial charge < -0.3 is 9.52 Å². The first-order chi connectivity index (χ1) is 7.92. The normalized spacial score (nSPS) is 24.6. The van der Waals surface area contributed by atoms with Crippen molar-refractivity contribution in [2.45, 2.75) is 37.3 Å². The van der Waals surface area contributed by atoms with Gasteiger partial charge >= 0.3 is 0 Å². The first-order valence-electron chi connectivity index (χ1n) is 5.33. The maximum atomic E-state index is 12.0. The maximum Gasteiger partial charge on any atom is 0.245 e. The fourth-order valence-electron chi connectivity index (χ4n) is 1.94. The zero-order valence-corrected chi connectivity index (χ0v) is 11.7. The monoisotopic (exact) mass is 323 g/mol. The van der Waals surface area contributed by atoms with Crippen LogP contribution in [0.1, 0.15) is 25.5 Å². The molecule has 1 fully saturated rings. The largest absolute Gasteiger partial charge is 0.450 e. The molecule has 1 aromatic rings. The first kappa shape index (κ1) is 13.1. The SMILES string of the molecule is CC1CC(NS(=O)(=O)c2cc(CO)oc2Br)C1. The van der Waals surface area contributed by atoms with E-state index in [1.165, 1.54) is 6.07 Å². The number of aliphatic hydroxyl groups is 1. The number of halogens is 1. The van der Waals surface area contributed by atoms with Crippen LogP contribution in [0.25, 0.3) is 0 Å². The molecule has 5 nitrogen and oxygen atoms in total. The molecule has 0 spiro atoms. The molecule has 2 rings (SSSR count). The predicted octanol–water partition coefficient (Wildman–Crippen LogP) is 1.61. The zero-order chi connectivity index (χ0) is 12.6. The summed E-state index contributed by atoms with van der Waals surface area (Å²) in [5.74, 6) is 0.794. The van der Waals surface area contributed by atoms with E-state index in [4.69, 9.17) is 9.52 Å². The minimum absolute atomic E-state index is 0.00868. The molecule has 17 heavy (non-hydrogen) atoms. The lowest BCUT2D eigenvalue weighted by molar-refractivity contribution is 0.245. The molecular weight excluding hydrogens is 310 g/mol. The molecular formula is C10H14BrNO4S. The molecule has 1 aliphatic rings. The van der Waals surface area contributed by atoms with E-state index in [1.807, 2.05) is 0 Å². The molecule has 96 valence electrons. The van der Waals surface area contributed by atoms with Crippen molar-refractivity contribution in [3.63, 3.8) is 0 Å². The van der Waals surface area contributed by atoms with Crippen LogP contribution in [0.15, 0.2) is 20.0 Å². The Morgan fingerprint density at radius 3 is 2.71 bits per heavy atom. The summed E-state index contributed by atoms with van der Waals surface area (Å²) in [5, 5.41) is 8.89. The van der Waals surface area contributed by atoms with E-state index in [0.717, 1.165) is 12.8 Å². The highest BCUT2D eigenvalue weighted by molar-refractivity contribution is 9.10. The molecule has 0 saturated heterocycles. The summed E-state index contributed by atoms with van der Waals surface area (Å²) in [6.07, 6.45) is 1.73. The van der Waals surface area contributed by atoms with Crippen molar-refractivity contribution in [2.24, 2.45) is 5.92 Å². The van der Waals surface area contributed by atoms with Gasteiger partial charge in [-0.25, -0.2) is 13.1 Å². The third kappa shape index (κ3) is 2.73. The van der Waals surface area contributed by atoms with Crippen LogP contribution in [-0.2, 0) is 16.6 Å². The van der Waals surface area contributed by atoms with Crippen molar-refractivity contribution in [1.82, 2.24) is 4.72 Å². The summed E-state index contributed by atoms with van der Waals surface area (Å²) in [5.41, 5.74) is 0. The minimum atomic E-state index is -3.57. The van der Waals surface area contributed by atoms with E-state index in [1.54, 1.807) is 0 Å². The van der Waals surface area contributed by atoms with Gasteiger partial charge in [0.2, 0.25) is 10.0 Å². The van der Waals surface area contributed by atoms with Crippen molar-refractivity contribution in [2.75, 3.05) is 0 Å². The Balaban J connectivity index is 2.16. The number of nitrogens with one attached hydrogen (secondary N) is 1. The highest BCUT2D eigenvalue weighted by Gasteiger charge is 2.31. The van der Waals surface area contributed by atoms with E-state index in [-0.39, 0.29) is 28.0 Å². The molecule has 0 amide bonds. The number of sulfonamides is 1. The zero-order valence-electron chi connectivity index (χ0n) is 9.31. The van der Waals surface area contributed by atoms with E-state index in [0.29, 0.717) is 5.92 Å². The molecule has 2 N–H and O–H groups in total. The van der Waals surface area contributed by atoms with Crippen molar-refractivity contribution in [1.29, 1.82) is 0 Å². The molecule has 7 heteroatoms. The quantitative estimate of drug-likeness (QED) is 0.882. The van der Waals surface area contributed by atoms with Crippen molar-refractivity contribution < 1.29 is 17.9 Å². The average molecular weight is 324 g/mol. The van der Waals surface area contributed by atoms with Crippen molar-refractivity contribution in [3.8, 4) is 0 Å². The highest BCUT2D eigenvalue weighted by Crippen LogP contribution is 2.30. The van der Waals surface area contributed by atoms with E-state index in [2.05, 4.69) is 27.6 Å². The molecule has 1 saturated carbocycles. The Morgan fingerprint density at radius 1 is 1.59 bits per heavy atom. The fraction of sp³-hybridized carbons (Fsp3) is 0.600. The summed E-state index contributed by atoms with van der Waals surface area (Å²) in [6.45, 7) is 1.76. The molecule has 1 aliphatic carbocycles. The third-order valence-corrected chi connectivity index (χ3v) is 5.22. The summed E-state index contributed by atoms with van der Waals surface area (Å²) >= 11 is 3.04. The van der Waals surface area contributed by atoms with Crippen LogP contribution >= 0.6 is 15.9 Å². The van der Waals surface area contributed by atoms with Crippen LogP contribution in [-0.4, -0.2) is 19.6 Å². The van der Waals surface area contributed by atoms with Crippen LogP contribution < -0.4 is 4.72 Å². The number of rotatable bonds is 4. The number of aliphatic hydroxyl groups excluding tert-OH is 1. The molecule has 0 atom stereocenters. The summed E-state index contributed by atoms with van der Waals surface area (Å²) < 4.78 is 31.8. The van der Waals surface area contributed by atoms with Gasteiger partial charge in [0.05, 0.1) is 0 Å². The molecule has 0 aliphatic heterocycles. The lowest BCUT2D eigenvalue weighted by atomic mass is 9.83. The predicted molar refractivity (Wildman–Crippen MR) is 64.8 cm³/mol. The summed E-state index contributed by atoms with van der Waals surface area (Å²) in [7, 11) is -3.57. The molecule has 0 radical (unpaired) electrons. The highest BCUT2D eigenvalue weighted by atomic mass is 79.9. The topological polar surface area (TPSA) is 79.5 Å². The van der Waals surface area contributed by atoms with Crippen LogP contribution in [0, 0.1) is 5.92 Å². The molecule has 0 bridgehead atoms. The van der Waals surface area contributed by atoms with E-state index < -0.39 is 10.0 Å². The van der Waals surface area contributed by atoms with Gasteiger partial charge in [-0.2, -0.15) is 0 Å². The van der Waals surface area contributed by atoms with E-state index in [9.17, 15) is 8.42 Å². The Kier molecular flexibility index (Phi) is 3.63. The van der Waals surface area contributed by atoms with Crippen LogP contribution in [0.2, 0.25) is 0 Å². The second-order valence-corrected chi connectivity index (χ2v) is 6.81. The van der Waals surface area contributed by atoms with Gasteiger partial charge in [0.25, 0.3) is 0 Å². The molecule has 1 aromatic heterocycles. The second kappa shape index (κ2) is 4.72. The van der Waals surface area contributed by atoms with Gasteiger partial charge in [-0.3, -0.25) is 0 Å². The number of hydrogen-bond donors (Lipinski definition) is 2. The molecule has 0 aromatic carbocycles. The van der Waals surface area contributed by atoms with Crippen LogP contribution in [0.5, 0.6) is 0 Å². The minimum Gasteiger partial charge on any atom is -0.450 e. The van der Waals surface area contributed by atoms with Gasteiger partial charge in [0.15, 0.2) is 4.67 Å². The van der Waals surface area contributed by atoms with Gasteiger partial charge in [0.1, 0.15) is 17.3 Å². The molecule has 1 heterocycles. The van der Waals surface area contributed by atoms with Gasteiger partial charge in [-0.15, -0.1) is 0 Å². The van der Waals surface area contributed by atoms with Crippen molar-refractivity contribution in [3.05, 3.63) is 16.5 Å². The van der Waals surface area contributed by atoms with E-state index >= 15 is 0 Å². The lowest BCUT2D eigenvalue weighted by Crippen LogP contribution is -2.43. The Hall–Kier alpha value is -0.370. The molecule has 0 unspecified atom stereocenters. The van der Waals surface area contributed by atoms with Gasteiger partial charge in [0, 0.05) is 12.1 Å². The lowest BCUT2D eigenvalue weighted by Gasteiger charge is -2.32. The van der Waals surface area contributed by atoms with Crippen LogP contribution in [0.3, 0.4) is 0 Å². The Labute approximate surface area is 108 Å². The smallest absolute Gasteiger partial charge is 0.245 e. The standard InChI is InChI=1S/C10H14BrNO4S/c1-6-2-7(3-6)12-17(14,15)9-4-8(5-13)16-10(9)11/h4,6-7,12-13H,2-3,5H2,1H3. The number of hydrogen-bond acceptors (Lipinski definition) is 4. The Bertz CT molecular complexity index is 504. The van der Waals surface area contributed by atoms with Gasteiger partial charge in [-0.05, 0) is 34.7 Å².